The number of fused-ring (bicyclic) bond motifs is 2. The van der Waals surface area contributed by atoms with Crippen molar-refractivity contribution in [2.75, 3.05) is 26.2 Å². The topological polar surface area (TPSA) is 43.7 Å². The van der Waals surface area contributed by atoms with Crippen LogP contribution in [0.25, 0.3) is 0 Å². The molecule has 0 aromatic carbocycles. The number of likely N-dealkylation sites (tertiary alicyclic amines) is 1. The van der Waals surface area contributed by atoms with Crippen molar-refractivity contribution in [1.82, 2.24) is 4.90 Å². The van der Waals surface area contributed by atoms with Gasteiger partial charge in [-0.15, -0.1) is 0 Å². The molecule has 1 aliphatic carbocycles. The highest BCUT2D eigenvalue weighted by molar-refractivity contribution is 4.90. The molecule has 2 atom stereocenters. The van der Waals surface area contributed by atoms with Crippen molar-refractivity contribution in [3.05, 3.63) is 0 Å². The zero-order chi connectivity index (χ0) is 9.26. The fourth-order valence-electron chi connectivity index (χ4n) is 2.83. The van der Waals surface area contributed by atoms with Gasteiger partial charge in [-0.25, -0.2) is 0 Å². The Morgan fingerprint density at radius 2 is 1.77 bits per heavy atom. The maximum Gasteiger partial charge on any atom is 0.0620 e. The molecule has 1 heterocycles. The van der Waals surface area contributed by atoms with Gasteiger partial charge in [0.2, 0.25) is 0 Å². The predicted octanol–water partition coefficient (Wildman–Crippen LogP) is 0.0715. The Bertz CT molecular complexity index is 160. The Morgan fingerprint density at radius 3 is 2.31 bits per heavy atom. The molecule has 76 valence electrons. The van der Waals surface area contributed by atoms with Crippen LogP contribution in [0.2, 0.25) is 0 Å². The quantitative estimate of drug-likeness (QED) is 0.640. The van der Waals surface area contributed by atoms with Gasteiger partial charge in [-0.1, -0.05) is 6.42 Å². The highest BCUT2D eigenvalue weighted by atomic mass is 16.3. The van der Waals surface area contributed by atoms with Crippen molar-refractivity contribution in [2.24, 2.45) is 11.8 Å². The Kier molecular flexibility index (Phi) is 2.86. The number of aliphatic hydroxyl groups excluding tert-OH is 2. The largest absolute Gasteiger partial charge is 0.395 e. The van der Waals surface area contributed by atoms with E-state index in [0.717, 1.165) is 19.6 Å². The van der Waals surface area contributed by atoms with E-state index in [4.69, 9.17) is 5.11 Å². The molecule has 2 aliphatic rings. The highest BCUT2D eigenvalue weighted by Gasteiger charge is 2.37. The van der Waals surface area contributed by atoms with Crippen LogP contribution in [-0.4, -0.2) is 47.5 Å². The molecule has 2 N–H and O–H groups in total. The molecule has 3 nitrogen and oxygen atoms in total. The van der Waals surface area contributed by atoms with Crippen LogP contribution in [0.15, 0.2) is 0 Å². The van der Waals surface area contributed by atoms with Gasteiger partial charge in [0.25, 0.3) is 0 Å². The molecule has 1 saturated carbocycles. The van der Waals surface area contributed by atoms with Gasteiger partial charge in [-0.05, 0) is 24.7 Å². The van der Waals surface area contributed by atoms with Crippen LogP contribution < -0.4 is 0 Å². The number of aliphatic hydroxyl groups is 2. The zero-order valence-corrected chi connectivity index (χ0v) is 8.02. The van der Waals surface area contributed by atoms with E-state index in [1.807, 2.05) is 0 Å². The van der Waals surface area contributed by atoms with Crippen molar-refractivity contribution in [1.29, 1.82) is 0 Å². The van der Waals surface area contributed by atoms with Crippen LogP contribution in [0.1, 0.15) is 19.3 Å². The number of rotatable bonds is 2. The fourth-order valence-corrected chi connectivity index (χ4v) is 2.83. The minimum absolute atomic E-state index is 0.0660. The molecule has 1 saturated heterocycles. The van der Waals surface area contributed by atoms with Crippen LogP contribution in [-0.2, 0) is 0 Å². The van der Waals surface area contributed by atoms with E-state index >= 15 is 0 Å². The summed E-state index contributed by atoms with van der Waals surface area (Å²) in [7, 11) is 0. The SMILES string of the molecule is OCCN1CC2CCCC(C1)C2O. The molecule has 2 fully saturated rings. The first-order valence-electron chi connectivity index (χ1n) is 5.32. The third-order valence-corrected chi connectivity index (χ3v) is 3.52. The molecule has 0 spiro atoms. The molecule has 0 amide bonds. The van der Waals surface area contributed by atoms with Crippen molar-refractivity contribution in [2.45, 2.75) is 25.4 Å². The number of piperidine rings is 1. The molecule has 13 heavy (non-hydrogen) atoms. The van der Waals surface area contributed by atoms with Gasteiger partial charge in [-0.2, -0.15) is 0 Å². The Hall–Kier alpha value is -0.120. The van der Waals surface area contributed by atoms with Crippen molar-refractivity contribution < 1.29 is 10.2 Å². The first-order chi connectivity index (χ1) is 6.31. The maximum atomic E-state index is 9.89. The summed E-state index contributed by atoms with van der Waals surface area (Å²) in [6.45, 7) is 2.99. The Morgan fingerprint density at radius 1 is 1.15 bits per heavy atom. The summed E-state index contributed by atoms with van der Waals surface area (Å²) in [5.41, 5.74) is 0. The second-order valence-electron chi connectivity index (χ2n) is 4.42. The number of hydrogen-bond acceptors (Lipinski definition) is 3. The minimum Gasteiger partial charge on any atom is -0.395 e. The Balaban J connectivity index is 1.95. The average molecular weight is 185 g/mol. The second-order valence-corrected chi connectivity index (χ2v) is 4.42. The molecule has 2 bridgehead atoms. The lowest BCUT2D eigenvalue weighted by Gasteiger charge is -2.44. The lowest BCUT2D eigenvalue weighted by atomic mass is 9.75. The number of hydrogen-bond donors (Lipinski definition) is 2. The van der Waals surface area contributed by atoms with Gasteiger partial charge >= 0.3 is 0 Å². The standard InChI is InChI=1S/C10H19NO2/c12-5-4-11-6-8-2-1-3-9(7-11)10(8)13/h8-10,12-13H,1-7H2. The first-order valence-corrected chi connectivity index (χ1v) is 5.32. The van der Waals surface area contributed by atoms with E-state index in [0.29, 0.717) is 11.8 Å². The van der Waals surface area contributed by atoms with Crippen molar-refractivity contribution in [3.8, 4) is 0 Å². The summed E-state index contributed by atoms with van der Waals surface area (Å²) in [5.74, 6) is 0.943. The van der Waals surface area contributed by atoms with Crippen LogP contribution in [0.4, 0.5) is 0 Å². The highest BCUT2D eigenvalue weighted by Crippen LogP contribution is 2.34. The predicted molar refractivity (Wildman–Crippen MR) is 50.4 cm³/mol. The van der Waals surface area contributed by atoms with E-state index in [2.05, 4.69) is 4.90 Å². The van der Waals surface area contributed by atoms with E-state index in [9.17, 15) is 5.11 Å². The first kappa shape index (κ1) is 9.44. The van der Waals surface area contributed by atoms with E-state index in [1.54, 1.807) is 0 Å². The van der Waals surface area contributed by atoms with Crippen molar-refractivity contribution in [3.63, 3.8) is 0 Å². The summed E-state index contributed by atoms with van der Waals surface area (Å²) in [4.78, 5) is 2.29. The molecule has 0 radical (unpaired) electrons. The third kappa shape index (κ3) is 1.87. The van der Waals surface area contributed by atoms with E-state index in [1.165, 1.54) is 19.3 Å². The van der Waals surface area contributed by atoms with Crippen LogP contribution in [0, 0.1) is 11.8 Å². The molecule has 2 unspecified atom stereocenters. The van der Waals surface area contributed by atoms with Crippen molar-refractivity contribution >= 4 is 0 Å². The van der Waals surface area contributed by atoms with E-state index < -0.39 is 0 Å². The van der Waals surface area contributed by atoms with Crippen LogP contribution in [0.5, 0.6) is 0 Å². The van der Waals surface area contributed by atoms with Gasteiger partial charge < -0.3 is 15.1 Å². The summed E-state index contributed by atoms with van der Waals surface area (Å²) < 4.78 is 0. The average Bonchev–Trinajstić information content (AvgIpc) is 2.07. The van der Waals surface area contributed by atoms with Crippen LogP contribution in [0.3, 0.4) is 0 Å². The molecule has 3 heteroatoms. The normalized spacial score (nSPS) is 40.6. The van der Waals surface area contributed by atoms with Gasteiger partial charge in [0.05, 0.1) is 12.7 Å². The lowest BCUT2D eigenvalue weighted by molar-refractivity contribution is -0.0521. The van der Waals surface area contributed by atoms with Crippen LogP contribution >= 0.6 is 0 Å². The number of nitrogens with zero attached hydrogens (tertiary/aromatic N) is 1. The van der Waals surface area contributed by atoms with Gasteiger partial charge in [0.1, 0.15) is 0 Å². The molecule has 0 aromatic heterocycles. The smallest absolute Gasteiger partial charge is 0.0620 e. The van der Waals surface area contributed by atoms with Gasteiger partial charge in [0.15, 0.2) is 0 Å². The van der Waals surface area contributed by atoms with E-state index in [-0.39, 0.29) is 12.7 Å². The monoisotopic (exact) mass is 185 g/mol. The number of β-amino-alcohol motifs (C(OH)–C–C–N with tert-alkyl or cyclic N) is 1. The molecular formula is C10H19NO2. The van der Waals surface area contributed by atoms with Gasteiger partial charge in [-0.3, -0.25) is 0 Å². The third-order valence-electron chi connectivity index (χ3n) is 3.52. The Labute approximate surface area is 79.4 Å². The molecular weight excluding hydrogens is 166 g/mol. The molecule has 0 aromatic rings. The maximum absolute atomic E-state index is 9.89. The minimum atomic E-state index is -0.0660. The van der Waals surface area contributed by atoms with Gasteiger partial charge in [0, 0.05) is 19.6 Å². The second kappa shape index (κ2) is 3.95. The summed E-state index contributed by atoms with van der Waals surface area (Å²) in [6, 6.07) is 0. The fraction of sp³-hybridized carbons (Fsp3) is 1.00. The lowest BCUT2D eigenvalue weighted by Crippen LogP contribution is -2.51. The summed E-state index contributed by atoms with van der Waals surface area (Å²) in [5, 5.41) is 18.7. The summed E-state index contributed by atoms with van der Waals surface area (Å²) in [6.07, 6.45) is 3.54. The zero-order valence-electron chi connectivity index (χ0n) is 8.02. The summed E-state index contributed by atoms with van der Waals surface area (Å²) >= 11 is 0. The molecule has 2 rings (SSSR count). The molecule has 1 aliphatic heterocycles.